The number of nitrogens with zero attached hydrogens (tertiary/aromatic N) is 4. The van der Waals surface area contributed by atoms with E-state index in [1.54, 1.807) is 25.2 Å². The van der Waals surface area contributed by atoms with Crippen LogP contribution in [0.3, 0.4) is 0 Å². The Bertz CT molecular complexity index is 1270. The second-order valence-corrected chi connectivity index (χ2v) is 8.23. The van der Waals surface area contributed by atoms with Gasteiger partial charge in [0.15, 0.2) is 18.1 Å². The highest BCUT2D eigenvalue weighted by atomic mass is 16.5. The molecule has 0 atom stereocenters. The molecule has 0 radical (unpaired) electrons. The zero-order valence-corrected chi connectivity index (χ0v) is 20.6. The highest BCUT2D eigenvalue weighted by Crippen LogP contribution is 2.29. The van der Waals surface area contributed by atoms with E-state index in [2.05, 4.69) is 11.1 Å². The van der Waals surface area contributed by atoms with Crippen LogP contribution in [0.15, 0.2) is 46.9 Å². The first kappa shape index (κ1) is 24.7. The second kappa shape index (κ2) is 11.3. The van der Waals surface area contributed by atoms with Gasteiger partial charge < -0.3 is 28.4 Å². The molecule has 2 heterocycles. The number of piperazine rings is 1. The normalized spacial score (nSPS) is 13.5. The minimum absolute atomic E-state index is 0.0140. The number of aromatic nitrogens is 1. The summed E-state index contributed by atoms with van der Waals surface area (Å²) in [5.41, 5.74) is 2.21. The highest BCUT2D eigenvalue weighted by Gasteiger charge is 2.26. The van der Waals surface area contributed by atoms with Crippen molar-refractivity contribution in [1.82, 2.24) is 9.88 Å². The molecule has 9 heteroatoms. The number of anilines is 1. The van der Waals surface area contributed by atoms with Crippen LogP contribution < -0.4 is 19.1 Å². The Balaban J connectivity index is 1.36. The molecule has 0 N–H and O–H groups in total. The Morgan fingerprint density at radius 1 is 1.06 bits per heavy atom. The summed E-state index contributed by atoms with van der Waals surface area (Å²) < 4.78 is 22.1. The predicted molar refractivity (Wildman–Crippen MR) is 135 cm³/mol. The molecule has 1 aromatic heterocycles. The maximum absolute atomic E-state index is 12.6. The fraction of sp³-hybridized carbons (Fsp3) is 0.296. The zero-order chi connectivity index (χ0) is 25.5. The topological polar surface area (TPSA) is 101 Å². The molecule has 186 valence electrons. The van der Waals surface area contributed by atoms with Gasteiger partial charge in [0, 0.05) is 32.3 Å². The Labute approximate surface area is 210 Å². The first-order valence-corrected chi connectivity index (χ1v) is 11.5. The Kier molecular flexibility index (Phi) is 7.75. The van der Waals surface area contributed by atoms with Gasteiger partial charge in [-0.25, -0.2) is 0 Å². The third-order valence-electron chi connectivity index (χ3n) is 5.86. The number of ether oxygens (including phenoxy) is 3. The van der Waals surface area contributed by atoms with Crippen molar-refractivity contribution in [3.8, 4) is 23.3 Å². The standard InChI is InChI=1S/C27H28N4O5/c1-19-4-8-21(9-5-19)35-18-26(32)30-12-14-31(15-13-30)27-22(17-28)29-25(36-27)11-7-20-6-10-23(33-2)24(16-20)34-3/h4-11,16H,12-15,18H2,1-3H3/b11-7+. The fourth-order valence-corrected chi connectivity index (χ4v) is 3.84. The SMILES string of the molecule is COc1ccc(/C=C/c2nc(C#N)c(N3CCN(C(=O)COc4ccc(C)cc4)CC3)o2)cc1OC. The van der Waals surface area contributed by atoms with E-state index in [4.69, 9.17) is 18.6 Å². The number of carbonyl (C=O) groups excluding carboxylic acids is 1. The number of methoxy groups -OCH3 is 2. The van der Waals surface area contributed by atoms with Gasteiger partial charge in [0.25, 0.3) is 5.91 Å². The lowest BCUT2D eigenvalue weighted by Crippen LogP contribution is -2.50. The summed E-state index contributed by atoms with van der Waals surface area (Å²) in [6, 6.07) is 15.2. The van der Waals surface area contributed by atoms with E-state index in [0.717, 1.165) is 11.1 Å². The predicted octanol–water partition coefficient (Wildman–Crippen LogP) is 3.77. The van der Waals surface area contributed by atoms with E-state index >= 15 is 0 Å². The van der Waals surface area contributed by atoms with Crippen LogP contribution in [0.5, 0.6) is 17.2 Å². The third kappa shape index (κ3) is 5.78. The minimum Gasteiger partial charge on any atom is -0.493 e. The molecular formula is C27H28N4O5. The molecule has 0 saturated carbocycles. The lowest BCUT2D eigenvalue weighted by Gasteiger charge is -2.34. The van der Waals surface area contributed by atoms with Gasteiger partial charge in [0.05, 0.1) is 14.2 Å². The third-order valence-corrected chi connectivity index (χ3v) is 5.86. The number of rotatable bonds is 8. The molecule has 2 aromatic carbocycles. The van der Waals surface area contributed by atoms with E-state index in [0.29, 0.717) is 55.2 Å². The van der Waals surface area contributed by atoms with Crippen molar-refractivity contribution in [2.45, 2.75) is 6.92 Å². The number of amides is 1. The van der Waals surface area contributed by atoms with Gasteiger partial charge in [-0.1, -0.05) is 23.8 Å². The summed E-state index contributed by atoms with van der Waals surface area (Å²) in [5, 5.41) is 9.57. The Morgan fingerprint density at radius 3 is 2.44 bits per heavy atom. The summed E-state index contributed by atoms with van der Waals surface area (Å²) in [4.78, 5) is 20.6. The number of carbonyl (C=O) groups is 1. The smallest absolute Gasteiger partial charge is 0.260 e. The molecule has 36 heavy (non-hydrogen) atoms. The summed E-state index contributed by atoms with van der Waals surface area (Å²) >= 11 is 0. The van der Waals surface area contributed by atoms with E-state index in [9.17, 15) is 10.1 Å². The Morgan fingerprint density at radius 2 is 1.78 bits per heavy atom. The van der Waals surface area contributed by atoms with Gasteiger partial charge in [-0.3, -0.25) is 4.79 Å². The van der Waals surface area contributed by atoms with Crippen molar-refractivity contribution in [3.63, 3.8) is 0 Å². The summed E-state index contributed by atoms with van der Waals surface area (Å²) in [6.45, 7) is 4.03. The van der Waals surface area contributed by atoms with E-state index in [1.807, 2.05) is 60.4 Å². The molecule has 1 fully saturated rings. The van der Waals surface area contributed by atoms with Crippen LogP contribution >= 0.6 is 0 Å². The molecule has 1 aliphatic heterocycles. The maximum Gasteiger partial charge on any atom is 0.260 e. The van der Waals surface area contributed by atoms with E-state index in [1.165, 1.54) is 0 Å². The first-order valence-electron chi connectivity index (χ1n) is 11.5. The number of hydrogen-bond donors (Lipinski definition) is 0. The van der Waals surface area contributed by atoms with Crippen LogP contribution in [0, 0.1) is 18.3 Å². The summed E-state index contributed by atoms with van der Waals surface area (Å²) in [6.07, 6.45) is 3.52. The quantitative estimate of drug-likeness (QED) is 0.472. The average molecular weight is 489 g/mol. The van der Waals surface area contributed by atoms with Crippen LogP contribution in [-0.2, 0) is 4.79 Å². The van der Waals surface area contributed by atoms with Crippen molar-refractivity contribution in [2.75, 3.05) is 51.9 Å². The number of benzene rings is 2. The molecule has 4 rings (SSSR count). The number of oxazole rings is 1. The van der Waals surface area contributed by atoms with Gasteiger partial charge in [-0.15, -0.1) is 0 Å². The van der Waals surface area contributed by atoms with Crippen LogP contribution in [0.25, 0.3) is 12.2 Å². The van der Waals surface area contributed by atoms with Gasteiger partial charge in [-0.2, -0.15) is 10.2 Å². The average Bonchev–Trinajstić information content (AvgIpc) is 3.34. The van der Waals surface area contributed by atoms with Crippen molar-refractivity contribution >= 4 is 23.9 Å². The van der Waals surface area contributed by atoms with Crippen LogP contribution in [0.1, 0.15) is 22.7 Å². The van der Waals surface area contributed by atoms with Crippen LogP contribution in [0.4, 0.5) is 5.88 Å². The van der Waals surface area contributed by atoms with Gasteiger partial charge in [0.1, 0.15) is 11.8 Å². The van der Waals surface area contributed by atoms with Crippen LogP contribution in [0.2, 0.25) is 0 Å². The molecule has 1 aliphatic rings. The molecule has 9 nitrogen and oxygen atoms in total. The highest BCUT2D eigenvalue weighted by molar-refractivity contribution is 5.78. The van der Waals surface area contributed by atoms with Crippen molar-refractivity contribution in [2.24, 2.45) is 0 Å². The molecular weight excluding hydrogens is 460 g/mol. The van der Waals surface area contributed by atoms with Crippen molar-refractivity contribution in [3.05, 3.63) is 65.2 Å². The van der Waals surface area contributed by atoms with E-state index in [-0.39, 0.29) is 18.2 Å². The second-order valence-electron chi connectivity index (χ2n) is 8.23. The zero-order valence-electron chi connectivity index (χ0n) is 20.6. The summed E-state index contributed by atoms with van der Waals surface area (Å²) in [7, 11) is 3.16. The monoisotopic (exact) mass is 488 g/mol. The Hall–Kier alpha value is -4.45. The van der Waals surface area contributed by atoms with Crippen molar-refractivity contribution in [1.29, 1.82) is 5.26 Å². The molecule has 3 aromatic rings. The lowest BCUT2D eigenvalue weighted by molar-refractivity contribution is -0.133. The van der Waals surface area contributed by atoms with Crippen molar-refractivity contribution < 1.29 is 23.4 Å². The molecule has 1 saturated heterocycles. The minimum atomic E-state index is -0.0770. The first-order chi connectivity index (χ1) is 17.5. The largest absolute Gasteiger partial charge is 0.493 e. The lowest BCUT2D eigenvalue weighted by atomic mass is 10.2. The van der Waals surface area contributed by atoms with E-state index < -0.39 is 0 Å². The molecule has 0 bridgehead atoms. The van der Waals surface area contributed by atoms with Crippen LogP contribution in [-0.4, -0.2) is 62.8 Å². The van der Waals surface area contributed by atoms with Gasteiger partial charge in [-0.05, 0) is 42.8 Å². The molecule has 0 aliphatic carbocycles. The number of hydrogen-bond acceptors (Lipinski definition) is 8. The van der Waals surface area contributed by atoms with Gasteiger partial charge in [0.2, 0.25) is 17.5 Å². The molecule has 1 amide bonds. The number of nitriles is 1. The summed E-state index contributed by atoms with van der Waals surface area (Å²) in [5.74, 6) is 2.57. The maximum atomic E-state index is 12.6. The van der Waals surface area contributed by atoms with Gasteiger partial charge >= 0.3 is 0 Å². The number of aryl methyl sites for hydroxylation is 1. The molecule has 0 unspecified atom stereocenters. The fourth-order valence-electron chi connectivity index (χ4n) is 3.84. The molecule has 0 spiro atoms.